The number of hydrogen-bond acceptors (Lipinski definition) is 5. The third-order valence-corrected chi connectivity index (χ3v) is 3.73. The number of H-pyrrole nitrogens is 1. The second-order valence-electron chi connectivity index (χ2n) is 5.44. The highest BCUT2D eigenvalue weighted by atomic mass is 16.1. The van der Waals surface area contributed by atoms with Gasteiger partial charge in [-0.3, -0.25) is 14.9 Å². The number of hydrogen-bond donors (Lipinski definition) is 2. The van der Waals surface area contributed by atoms with Crippen molar-refractivity contribution in [3.8, 4) is 11.3 Å². The molecule has 7 nitrogen and oxygen atoms in total. The van der Waals surface area contributed by atoms with Crippen LogP contribution in [0.15, 0.2) is 61.1 Å². The molecule has 4 aromatic rings. The second kappa shape index (κ2) is 6.48. The predicted molar refractivity (Wildman–Crippen MR) is 92.5 cm³/mol. The SMILES string of the molecule is O=C(NCc1cccnc1)c1cnc2n[nH]c(-c3ccccc3)c2n1. The fourth-order valence-electron chi connectivity index (χ4n) is 2.49. The van der Waals surface area contributed by atoms with Gasteiger partial charge in [0.2, 0.25) is 0 Å². The summed E-state index contributed by atoms with van der Waals surface area (Å²) in [6, 6.07) is 13.4. The lowest BCUT2D eigenvalue weighted by Crippen LogP contribution is -2.24. The molecule has 3 heterocycles. The van der Waals surface area contributed by atoms with Crippen molar-refractivity contribution < 1.29 is 4.79 Å². The number of nitrogens with zero attached hydrogens (tertiary/aromatic N) is 4. The highest BCUT2D eigenvalue weighted by Gasteiger charge is 2.14. The standard InChI is InChI=1S/C18H14N6O/c25-18(21-10-12-5-4-8-19-9-12)14-11-20-17-16(22-14)15(23-24-17)13-6-2-1-3-7-13/h1-9,11H,10H2,(H,21,25)(H,20,23,24). The Balaban J connectivity index is 1.61. The Morgan fingerprint density at radius 2 is 1.96 bits per heavy atom. The molecule has 25 heavy (non-hydrogen) atoms. The first kappa shape index (κ1) is 14.9. The van der Waals surface area contributed by atoms with E-state index in [1.54, 1.807) is 12.4 Å². The molecule has 3 aromatic heterocycles. The molecule has 0 atom stereocenters. The molecule has 1 aromatic carbocycles. The van der Waals surface area contributed by atoms with Crippen molar-refractivity contribution >= 4 is 17.1 Å². The van der Waals surface area contributed by atoms with Crippen LogP contribution in [-0.2, 0) is 6.54 Å². The fourth-order valence-corrected chi connectivity index (χ4v) is 2.49. The van der Waals surface area contributed by atoms with E-state index in [9.17, 15) is 4.79 Å². The van der Waals surface area contributed by atoms with Crippen LogP contribution in [0.2, 0.25) is 0 Å². The molecule has 0 saturated carbocycles. The van der Waals surface area contributed by atoms with Crippen molar-refractivity contribution in [1.82, 2.24) is 30.5 Å². The molecule has 0 radical (unpaired) electrons. The van der Waals surface area contributed by atoms with Crippen LogP contribution in [-0.4, -0.2) is 31.1 Å². The van der Waals surface area contributed by atoms with Crippen LogP contribution in [0, 0.1) is 0 Å². The van der Waals surface area contributed by atoms with Gasteiger partial charge in [0.15, 0.2) is 5.65 Å². The Kier molecular flexibility index (Phi) is 3.88. The monoisotopic (exact) mass is 330 g/mol. The zero-order valence-corrected chi connectivity index (χ0v) is 13.2. The second-order valence-corrected chi connectivity index (χ2v) is 5.44. The van der Waals surface area contributed by atoms with E-state index in [4.69, 9.17) is 0 Å². The van der Waals surface area contributed by atoms with E-state index in [-0.39, 0.29) is 11.6 Å². The van der Waals surface area contributed by atoms with Crippen molar-refractivity contribution in [2.45, 2.75) is 6.54 Å². The minimum absolute atomic E-state index is 0.245. The van der Waals surface area contributed by atoms with E-state index in [0.717, 1.165) is 16.8 Å². The van der Waals surface area contributed by atoms with Gasteiger partial charge in [-0.25, -0.2) is 9.97 Å². The molecule has 0 aliphatic rings. The number of aromatic amines is 1. The first-order chi connectivity index (χ1) is 12.3. The topological polar surface area (TPSA) is 96.5 Å². The van der Waals surface area contributed by atoms with Gasteiger partial charge < -0.3 is 5.32 Å². The number of carbonyl (C=O) groups excluding carboxylic acids is 1. The number of benzene rings is 1. The van der Waals surface area contributed by atoms with Crippen molar-refractivity contribution in [3.63, 3.8) is 0 Å². The van der Waals surface area contributed by atoms with Crippen LogP contribution in [0.4, 0.5) is 0 Å². The summed E-state index contributed by atoms with van der Waals surface area (Å²) in [7, 11) is 0. The number of amides is 1. The largest absolute Gasteiger partial charge is 0.347 e. The van der Waals surface area contributed by atoms with Gasteiger partial charge in [-0.1, -0.05) is 36.4 Å². The quantitative estimate of drug-likeness (QED) is 0.599. The van der Waals surface area contributed by atoms with Crippen molar-refractivity contribution in [2.75, 3.05) is 0 Å². The van der Waals surface area contributed by atoms with Gasteiger partial charge in [0.25, 0.3) is 5.91 Å². The van der Waals surface area contributed by atoms with Crippen LogP contribution < -0.4 is 5.32 Å². The number of pyridine rings is 1. The highest BCUT2D eigenvalue weighted by molar-refractivity contribution is 5.95. The lowest BCUT2D eigenvalue weighted by molar-refractivity contribution is 0.0946. The zero-order valence-electron chi connectivity index (χ0n) is 13.2. The molecule has 0 saturated heterocycles. The molecular weight excluding hydrogens is 316 g/mol. The van der Waals surface area contributed by atoms with Gasteiger partial charge in [-0.15, -0.1) is 0 Å². The third kappa shape index (κ3) is 3.07. The number of rotatable bonds is 4. The normalized spacial score (nSPS) is 10.7. The smallest absolute Gasteiger partial charge is 0.271 e. The lowest BCUT2D eigenvalue weighted by Gasteiger charge is -2.04. The first-order valence-corrected chi connectivity index (χ1v) is 7.75. The van der Waals surface area contributed by atoms with Crippen molar-refractivity contribution in [3.05, 3.63) is 72.3 Å². The number of fused-ring (bicyclic) bond motifs is 1. The molecule has 4 rings (SSSR count). The number of nitrogens with one attached hydrogen (secondary N) is 2. The molecule has 1 amide bonds. The van der Waals surface area contributed by atoms with Gasteiger partial charge in [0.05, 0.1) is 11.9 Å². The minimum atomic E-state index is -0.293. The average molecular weight is 330 g/mol. The molecule has 7 heteroatoms. The summed E-state index contributed by atoms with van der Waals surface area (Å²) in [6.07, 6.45) is 4.82. The molecule has 2 N–H and O–H groups in total. The maximum Gasteiger partial charge on any atom is 0.271 e. The van der Waals surface area contributed by atoms with Gasteiger partial charge in [0.1, 0.15) is 11.2 Å². The first-order valence-electron chi connectivity index (χ1n) is 7.75. The minimum Gasteiger partial charge on any atom is -0.347 e. The Morgan fingerprint density at radius 1 is 1.08 bits per heavy atom. The van der Waals surface area contributed by atoms with Crippen LogP contribution >= 0.6 is 0 Å². The molecule has 0 aliphatic heterocycles. The fraction of sp³-hybridized carbons (Fsp3) is 0.0556. The van der Waals surface area contributed by atoms with Crippen LogP contribution in [0.25, 0.3) is 22.4 Å². The van der Waals surface area contributed by atoms with Crippen molar-refractivity contribution in [2.24, 2.45) is 0 Å². The molecule has 122 valence electrons. The van der Waals surface area contributed by atoms with Crippen LogP contribution in [0.3, 0.4) is 0 Å². The van der Waals surface area contributed by atoms with E-state index < -0.39 is 0 Å². The summed E-state index contributed by atoms with van der Waals surface area (Å²) in [5.74, 6) is -0.293. The molecule has 0 bridgehead atoms. The summed E-state index contributed by atoms with van der Waals surface area (Å²) < 4.78 is 0. The Hall–Kier alpha value is -3.61. The summed E-state index contributed by atoms with van der Waals surface area (Å²) in [6.45, 7) is 0.378. The molecular formula is C18H14N6O. The summed E-state index contributed by atoms with van der Waals surface area (Å²) in [5, 5.41) is 9.91. The van der Waals surface area contributed by atoms with E-state index in [2.05, 4.69) is 30.5 Å². The van der Waals surface area contributed by atoms with E-state index in [0.29, 0.717) is 17.7 Å². The zero-order chi connectivity index (χ0) is 17.1. The summed E-state index contributed by atoms with van der Waals surface area (Å²) in [4.78, 5) is 25.1. The summed E-state index contributed by atoms with van der Waals surface area (Å²) in [5.41, 5.74) is 3.88. The molecule has 0 fully saturated rings. The van der Waals surface area contributed by atoms with Crippen LogP contribution in [0.1, 0.15) is 16.1 Å². The Morgan fingerprint density at radius 3 is 2.76 bits per heavy atom. The maximum atomic E-state index is 12.4. The maximum absolute atomic E-state index is 12.4. The van der Waals surface area contributed by atoms with Gasteiger partial charge >= 0.3 is 0 Å². The highest BCUT2D eigenvalue weighted by Crippen LogP contribution is 2.23. The Labute approximate surface area is 143 Å². The Bertz CT molecular complexity index is 1010. The van der Waals surface area contributed by atoms with Gasteiger partial charge in [0, 0.05) is 24.5 Å². The average Bonchev–Trinajstić information content (AvgIpc) is 3.11. The predicted octanol–water partition coefficient (Wildman–Crippen LogP) is 2.34. The van der Waals surface area contributed by atoms with E-state index in [1.165, 1.54) is 6.20 Å². The molecule has 0 unspecified atom stereocenters. The molecule has 0 aliphatic carbocycles. The van der Waals surface area contributed by atoms with Gasteiger partial charge in [-0.2, -0.15) is 5.10 Å². The lowest BCUT2D eigenvalue weighted by atomic mass is 10.1. The van der Waals surface area contributed by atoms with Gasteiger partial charge in [-0.05, 0) is 11.6 Å². The summed E-state index contributed by atoms with van der Waals surface area (Å²) >= 11 is 0. The molecule has 0 spiro atoms. The number of carbonyl (C=O) groups is 1. The number of aromatic nitrogens is 5. The van der Waals surface area contributed by atoms with E-state index in [1.807, 2.05) is 42.5 Å². The van der Waals surface area contributed by atoms with Crippen LogP contribution in [0.5, 0.6) is 0 Å². The van der Waals surface area contributed by atoms with E-state index >= 15 is 0 Å². The third-order valence-electron chi connectivity index (χ3n) is 3.73. The van der Waals surface area contributed by atoms with Crippen molar-refractivity contribution in [1.29, 1.82) is 0 Å².